The molecule has 4 heterocycles. The number of para-hydroxylation sites is 2. The highest BCUT2D eigenvalue weighted by atomic mass is 32.2. The normalized spacial score (nSPS) is 10.8. The van der Waals surface area contributed by atoms with Crippen molar-refractivity contribution in [3.63, 3.8) is 0 Å². The summed E-state index contributed by atoms with van der Waals surface area (Å²) >= 11 is 3.06. The van der Waals surface area contributed by atoms with Crippen LogP contribution >= 0.6 is 23.5 Å². The van der Waals surface area contributed by atoms with Crippen LogP contribution in [0.4, 0.5) is 0 Å². The lowest BCUT2D eigenvalue weighted by Gasteiger charge is -2.08. The summed E-state index contributed by atoms with van der Waals surface area (Å²) in [6.07, 6.45) is 3.26. The molecule has 0 saturated carbocycles. The minimum absolute atomic E-state index is 0.562. The van der Waals surface area contributed by atoms with Gasteiger partial charge in [-0.15, -0.1) is 20.4 Å². The van der Waals surface area contributed by atoms with E-state index < -0.39 is 0 Å². The first-order chi connectivity index (χ1) is 18.9. The van der Waals surface area contributed by atoms with Crippen LogP contribution in [0.5, 0.6) is 0 Å². The molecular formula is C28H20N6O2S2. The number of aromatic nitrogens is 6. The van der Waals surface area contributed by atoms with Gasteiger partial charge in [0, 0.05) is 11.4 Å². The van der Waals surface area contributed by atoms with Gasteiger partial charge in [0.05, 0.1) is 24.0 Å². The van der Waals surface area contributed by atoms with Crippen molar-refractivity contribution in [3.8, 4) is 46.4 Å². The third-order valence-corrected chi connectivity index (χ3v) is 7.07. The highest BCUT2D eigenvalue weighted by molar-refractivity contribution is 7.99. The molecular weight excluding hydrogens is 516 g/mol. The zero-order chi connectivity index (χ0) is 25.6. The molecule has 0 amide bonds. The van der Waals surface area contributed by atoms with Gasteiger partial charge in [-0.1, -0.05) is 71.8 Å². The van der Waals surface area contributed by atoms with Crippen LogP contribution in [0.15, 0.2) is 117 Å². The number of hydrogen-bond acceptors (Lipinski definition) is 8. The minimum Gasteiger partial charge on any atom is -0.461 e. The predicted molar refractivity (Wildman–Crippen MR) is 147 cm³/mol. The molecule has 6 rings (SSSR count). The smallest absolute Gasteiger partial charge is 0.205 e. The van der Waals surface area contributed by atoms with E-state index in [1.54, 1.807) is 12.5 Å². The first-order valence-electron chi connectivity index (χ1n) is 11.7. The first kappa shape index (κ1) is 23.9. The molecule has 0 N–H and O–H groups in total. The topological polar surface area (TPSA) is 87.7 Å². The molecule has 10 heteroatoms. The lowest BCUT2D eigenvalue weighted by molar-refractivity contribution is 0.575. The Kier molecular flexibility index (Phi) is 7.11. The Morgan fingerprint density at radius 1 is 0.553 bits per heavy atom. The summed E-state index contributed by atoms with van der Waals surface area (Å²) in [6, 6.07) is 27.4. The number of thioether (sulfide) groups is 2. The van der Waals surface area contributed by atoms with E-state index in [0.717, 1.165) is 21.7 Å². The fourth-order valence-electron chi connectivity index (χ4n) is 3.78. The number of hydrogen-bond donors (Lipinski definition) is 0. The maximum Gasteiger partial charge on any atom is 0.205 e. The van der Waals surface area contributed by atoms with E-state index in [0.29, 0.717) is 34.7 Å². The molecule has 4 aromatic heterocycles. The van der Waals surface area contributed by atoms with Gasteiger partial charge in [0.2, 0.25) is 11.6 Å². The maximum absolute atomic E-state index is 5.58. The molecule has 0 aliphatic heterocycles. The fraction of sp³-hybridized carbons (Fsp3) is 0.0714. The summed E-state index contributed by atoms with van der Waals surface area (Å²) in [5, 5.41) is 19.0. The van der Waals surface area contributed by atoms with Gasteiger partial charge < -0.3 is 8.83 Å². The van der Waals surface area contributed by atoms with Crippen molar-refractivity contribution in [2.75, 3.05) is 11.5 Å². The Morgan fingerprint density at radius 2 is 1.00 bits per heavy atom. The zero-order valence-electron chi connectivity index (χ0n) is 20.0. The third kappa shape index (κ3) is 5.02. The van der Waals surface area contributed by atoms with Crippen molar-refractivity contribution in [2.45, 2.75) is 10.3 Å². The van der Waals surface area contributed by atoms with Crippen LogP contribution < -0.4 is 0 Å². The van der Waals surface area contributed by atoms with Gasteiger partial charge >= 0.3 is 0 Å². The van der Waals surface area contributed by atoms with Crippen LogP contribution in [0, 0.1) is 11.8 Å². The quantitative estimate of drug-likeness (QED) is 0.166. The van der Waals surface area contributed by atoms with Gasteiger partial charge in [-0.2, -0.15) is 0 Å². The lowest BCUT2D eigenvalue weighted by atomic mass is 10.3. The monoisotopic (exact) mass is 536 g/mol. The number of nitrogens with zero attached hydrogens (tertiary/aromatic N) is 6. The molecule has 8 nitrogen and oxygen atoms in total. The Balaban J connectivity index is 1.16. The van der Waals surface area contributed by atoms with Crippen molar-refractivity contribution < 1.29 is 8.83 Å². The van der Waals surface area contributed by atoms with Crippen molar-refractivity contribution in [3.05, 3.63) is 97.5 Å². The molecule has 38 heavy (non-hydrogen) atoms. The van der Waals surface area contributed by atoms with Gasteiger partial charge in [0.15, 0.2) is 21.8 Å². The summed E-state index contributed by atoms with van der Waals surface area (Å²) in [4.78, 5) is 0. The van der Waals surface area contributed by atoms with Crippen molar-refractivity contribution in [1.82, 2.24) is 29.5 Å². The van der Waals surface area contributed by atoms with Crippen LogP contribution in [0.1, 0.15) is 0 Å². The highest BCUT2D eigenvalue weighted by Crippen LogP contribution is 2.29. The molecule has 6 aromatic rings. The van der Waals surface area contributed by atoms with Gasteiger partial charge in [-0.25, -0.2) is 0 Å². The van der Waals surface area contributed by atoms with E-state index in [2.05, 4.69) is 32.2 Å². The fourth-order valence-corrected chi connectivity index (χ4v) is 5.23. The van der Waals surface area contributed by atoms with Crippen molar-refractivity contribution in [1.29, 1.82) is 0 Å². The summed E-state index contributed by atoms with van der Waals surface area (Å²) in [5.74, 6) is 10.2. The number of furan rings is 2. The highest BCUT2D eigenvalue weighted by Gasteiger charge is 2.18. The second kappa shape index (κ2) is 11.3. The Labute approximate surface area is 227 Å². The van der Waals surface area contributed by atoms with E-state index >= 15 is 0 Å². The number of rotatable bonds is 8. The Hall–Kier alpha value is -4.46. The Morgan fingerprint density at radius 3 is 1.39 bits per heavy atom. The van der Waals surface area contributed by atoms with Crippen LogP contribution in [0.3, 0.4) is 0 Å². The van der Waals surface area contributed by atoms with Crippen LogP contribution in [-0.4, -0.2) is 41.0 Å². The Bertz CT molecular complexity index is 1540. The van der Waals surface area contributed by atoms with Gasteiger partial charge in [-0.3, -0.25) is 9.13 Å². The van der Waals surface area contributed by atoms with Crippen LogP contribution in [0.25, 0.3) is 34.5 Å². The SMILES string of the molecule is C(#CCSc1nnc(-c2ccco2)n1-c1ccccc1)CSc1nnc(-c2ccco2)n1-c1ccccc1. The van der Waals surface area contributed by atoms with Crippen LogP contribution in [0.2, 0.25) is 0 Å². The maximum atomic E-state index is 5.58. The average Bonchev–Trinajstić information content (AvgIpc) is 3.78. The predicted octanol–water partition coefficient (Wildman–Crippen LogP) is 6.26. The van der Waals surface area contributed by atoms with Gasteiger partial charge in [-0.05, 0) is 48.5 Å². The second-order valence-electron chi connectivity index (χ2n) is 7.84. The molecule has 0 spiro atoms. The lowest BCUT2D eigenvalue weighted by Crippen LogP contribution is -1.99. The van der Waals surface area contributed by atoms with E-state index in [1.165, 1.54) is 23.5 Å². The largest absolute Gasteiger partial charge is 0.461 e. The van der Waals surface area contributed by atoms with Crippen LogP contribution in [-0.2, 0) is 0 Å². The van der Waals surface area contributed by atoms with Gasteiger partial charge in [0.1, 0.15) is 0 Å². The summed E-state index contributed by atoms with van der Waals surface area (Å²) < 4.78 is 15.1. The van der Waals surface area contributed by atoms with E-state index in [1.807, 2.05) is 94.1 Å². The molecule has 2 aromatic carbocycles. The van der Waals surface area contributed by atoms with Crippen molar-refractivity contribution >= 4 is 23.5 Å². The molecule has 0 aliphatic rings. The zero-order valence-corrected chi connectivity index (χ0v) is 21.6. The van der Waals surface area contributed by atoms with E-state index in [-0.39, 0.29) is 0 Å². The van der Waals surface area contributed by atoms with E-state index in [4.69, 9.17) is 8.83 Å². The molecule has 0 bridgehead atoms. The van der Waals surface area contributed by atoms with Gasteiger partial charge in [0.25, 0.3) is 0 Å². The molecule has 0 fully saturated rings. The molecule has 0 atom stereocenters. The molecule has 0 radical (unpaired) electrons. The average molecular weight is 537 g/mol. The van der Waals surface area contributed by atoms with Crippen molar-refractivity contribution in [2.24, 2.45) is 0 Å². The van der Waals surface area contributed by atoms with E-state index in [9.17, 15) is 0 Å². The molecule has 0 aliphatic carbocycles. The molecule has 186 valence electrons. The first-order valence-corrected chi connectivity index (χ1v) is 13.7. The third-order valence-electron chi connectivity index (χ3n) is 5.45. The summed E-state index contributed by atoms with van der Waals surface area (Å²) in [5.41, 5.74) is 1.92. The summed E-state index contributed by atoms with van der Waals surface area (Å²) in [7, 11) is 0. The molecule has 0 saturated heterocycles. The summed E-state index contributed by atoms with van der Waals surface area (Å²) in [6.45, 7) is 0. The molecule has 0 unspecified atom stereocenters. The number of benzene rings is 2. The minimum atomic E-state index is 0.562. The second-order valence-corrected chi connectivity index (χ2v) is 9.72. The standard InChI is InChI=1S/C28H20N6O2S2/c1-3-11-21(12-4-1)33-25(23-15-9-17-35-23)29-31-27(33)37-19-7-8-20-38-28-32-30-26(24-16-10-18-36-24)34(28)22-13-5-2-6-14-22/h1-6,9-18H,19-20H2.